The van der Waals surface area contributed by atoms with E-state index in [1.165, 1.54) is 30.3 Å². The summed E-state index contributed by atoms with van der Waals surface area (Å²) in [6.45, 7) is 3.76. The minimum atomic E-state index is -5.02. The van der Waals surface area contributed by atoms with Gasteiger partial charge < -0.3 is 46.8 Å². The number of hydrogen-bond acceptors (Lipinski definition) is 18. The minimum absolute atomic E-state index is 0.00746. The molecule has 0 spiro atoms. The molecule has 3 rings (SSSR count). The van der Waals surface area contributed by atoms with Crippen LogP contribution in [0.1, 0.15) is 48.4 Å². The molecule has 1 saturated heterocycles. The van der Waals surface area contributed by atoms with Crippen LogP contribution < -0.4 is 18.4 Å². The van der Waals surface area contributed by atoms with Crippen molar-refractivity contribution in [3.05, 3.63) is 64.0 Å². The van der Waals surface area contributed by atoms with Gasteiger partial charge in [0.1, 0.15) is 24.7 Å². The van der Waals surface area contributed by atoms with Gasteiger partial charge in [-0.3, -0.25) is 28.8 Å². The van der Waals surface area contributed by atoms with E-state index in [2.05, 4.69) is 15.3 Å². The van der Waals surface area contributed by atoms with E-state index in [9.17, 15) is 37.2 Å². The number of carbonyl (C=O) groups is 6. The van der Waals surface area contributed by atoms with E-state index in [-0.39, 0.29) is 43.2 Å². The highest BCUT2D eigenvalue weighted by atomic mass is 32.3. The number of esters is 4. The van der Waals surface area contributed by atoms with Gasteiger partial charge in [-0.2, -0.15) is 0 Å². The van der Waals surface area contributed by atoms with E-state index >= 15 is 0 Å². The monoisotopic (exact) mass is 780 g/mol. The average Bonchev–Trinajstić information content (AvgIpc) is 3.09. The summed E-state index contributed by atoms with van der Waals surface area (Å²) < 4.78 is 74.8. The highest BCUT2D eigenvalue weighted by Gasteiger charge is 2.53. The van der Waals surface area contributed by atoms with Gasteiger partial charge in [0.2, 0.25) is 12.4 Å². The first-order valence-corrected chi connectivity index (χ1v) is 17.1. The number of aldehydes is 1. The molecule has 22 heteroatoms. The Labute approximate surface area is 307 Å². The summed E-state index contributed by atoms with van der Waals surface area (Å²) >= 11 is 0. The average molecular weight is 781 g/mol. The number of nitrogens with one attached hydrogen (secondary N) is 1. The van der Waals surface area contributed by atoms with Gasteiger partial charge in [0.25, 0.3) is 5.91 Å². The van der Waals surface area contributed by atoms with Crippen LogP contribution >= 0.6 is 0 Å². The number of amides is 1. The SMILES string of the molecule is CC(=O)OC[C@H]1O[C@@H](Oc2ccc(C(=O)NCCOCCN=[N+]=[N-])cc2OS(=O)(=O)Oc2ccc(C=O)cc2)[C@H](OC(C)=O)[C@@H](OC(C)=O)[C@H]1OC(C)=O. The third kappa shape index (κ3) is 13.5. The number of azide groups is 1. The maximum Gasteiger partial charge on any atom is 0.501 e. The number of nitrogens with zero attached hydrogens (tertiary/aromatic N) is 3. The summed E-state index contributed by atoms with van der Waals surface area (Å²) in [4.78, 5) is 74.9. The van der Waals surface area contributed by atoms with Crippen LogP contribution in [-0.2, 0) is 58.0 Å². The zero-order chi connectivity index (χ0) is 39.8. The molecule has 54 heavy (non-hydrogen) atoms. The molecule has 21 nitrogen and oxygen atoms in total. The Hall–Kier alpha value is -5.96. The van der Waals surface area contributed by atoms with Gasteiger partial charge in [-0.25, -0.2) is 0 Å². The maximum absolute atomic E-state index is 13.1. The Morgan fingerprint density at radius 2 is 1.50 bits per heavy atom. The Kier molecular flexibility index (Phi) is 16.0. The molecular weight excluding hydrogens is 744 g/mol. The molecule has 1 fully saturated rings. The Bertz CT molecular complexity index is 1830. The summed E-state index contributed by atoms with van der Waals surface area (Å²) in [5, 5.41) is 5.87. The first-order valence-electron chi connectivity index (χ1n) is 15.8. The van der Waals surface area contributed by atoms with Crippen molar-refractivity contribution < 1.29 is 78.7 Å². The fourth-order valence-electron chi connectivity index (χ4n) is 4.66. The molecule has 1 heterocycles. The van der Waals surface area contributed by atoms with E-state index in [1.807, 2.05) is 0 Å². The Morgan fingerprint density at radius 1 is 0.852 bits per heavy atom. The van der Waals surface area contributed by atoms with Crippen molar-refractivity contribution in [2.24, 2.45) is 5.11 Å². The summed E-state index contributed by atoms with van der Waals surface area (Å²) in [6, 6.07) is 8.19. The third-order valence-electron chi connectivity index (χ3n) is 6.73. The molecule has 0 aromatic heterocycles. The zero-order valence-electron chi connectivity index (χ0n) is 29.2. The highest BCUT2D eigenvalue weighted by Crippen LogP contribution is 2.36. The van der Waals surface area contributed by atoms with Gasteiger partial charge in [-0.15, -0.1) is 8.42 Å². The second-order valence-electron chi connectivity index (χ2n) is 10.9. The molecule has 2 aromatic rings. The van der Waals surface area contributed by atoms with Crippen LogP contribution in [0.2, 0.25) is 0 Å². The molecular formula is C32H36N4O17S. The third-order valence-corrected chi connectivity index (χ3v) is 7.51. The molecule has 1 aliphatic rings. The number of hydrogen-bond donors (Lipinski definition) is 1. The molecule has 0 saturated carbocycles. The van der Waals surface area contributed by atoms with Gasteiger partial charge in [-0.1, -0.05) is 5.11 Å². The Morgan fingerprint density at radius 3 is 2.11 bits per heavy atom. The largest absolute Gasteiger partial charge is 0.501 e. The van der Waals surface area contributed by atoms with Crippen LogP contribution in [0.3, 0.4) is 0 Å². The molecule has 0 bridgehead atoms. The van der Waals surface area contributed by atoms with E-state index in [0.29, 0.717) is 6.29 Å². The van der Waals surface area contributed by atoms with Crippen LogP contribution in [-0.4, -0.2) is 108 Å². The molecule has 1 N–H and O–H groups in total. The van der Waals surface area contributed by atoms with Gasteiger partial charge in [0, 0.05) is 56.8 Å². The van der Waals surface area contributed by atoms with Crippen molar-refractivity contribution in [1.29, 1.82) is 0 Å². The molecule has 292 valence electrons. The predicted octanol–water partition coefficient (Wildman–Crippen LogP) is 1.72. The Balaban J connectivity index is 2.03. The molecule has 1 amide bonds. The van der Waals surface area contributed by atoms with Crippen molar-refractivity contribution in [3.63, 3.8) is 0 Å². The molecule has 5 atom stereocenters. The fraction of sp³-hybridized carbons (Fsp3) is 0.438. The van der Waals surface area contributed by atoms with E-state index < -0.39 is 89.0 Å². The lowest BCUT2D eigenvalue weighted by atomic mass is 9.98. The van der Waals surface area contributed by atoms with Crippen molar-refractivity contribution in [2.75, 3.05) is 32.9 Å². The maximum atomic E-state index is 13.1. The predicted molar refractivity (Wildman–Crippen MR) is 178 cm³/mol. The number of carbonyl (C=O) groups excluding carboxylic acids is 6. The lowest BCUT2D eigenvalue weighted by molar-refractivity contribution is -0.288. The topological polar surface area (TPSA) is 280 Å². The highest BCUT2D eigenvalue weighted by molar-refractivity contribution is 7.82. The van der Waals surface area contributed by atoms with Crippen LogP contribution in [0, 0.1) is 0 Å². The summed E-state index contributed by atoms with van der Waals surface area (Å²) in [6.07, 6.45) is -7.54. The van der Waals surface area contributed by atoms with Gasteiger partial charge in [0.05, 0.1) is 13.2 Å². The van der Waals surface area contributed by atoms with Gasteiger partial charge >= 0.3 is 34.3 Å². The van der Waals surface area contributed by atoms with Crippen molar-refractivity contribution in [3.8, 4) is 17.2 Å². The van der Waals surface area contributed by atoms with Crippen LogP contribution in [0.25, 0.3) is 10.4 Å². The number of ether oxygens (including phenoxy) is 7. The first-order chi connectivity index (χ1) is 25.6. The van der Waals surface area contributed by atoms with E-state index in [1.54, 1.807) is 0 Å². The first kappa shape index (κ1) is 42.5. The second kappa shape index (κ2) is 20.3. The lowest BCUT2D eigenvalue weighted by Gasteiger charge is -2.43. The van der Waals surface area contributed by atoms with Crippen LogP contribution in [0.4, 0.5) is 0 Å². The molecule has 1 aliphatic heterocycles. The van der Waals surface area contributed by atoms with Crippen molar-refractivity contribution in [2.45, 2.75) is 58.4 Å². The normalized spacial score (nSPS) is 19.1. The van der Waals surface area contributed by atoms with Crippen LogP contribution in [0.15, 0.2) is 47.6 Å². The smallest absolute Gasteiger partial charge is 0.463 e. The van der Waals surface area contributed by atoms with Gasteiger partial charge in [-0.05, 0) is 48.0 Å². The lowest BCUT2D eigenvalue weighted by Crippen LogP contribution is -2.63. The van der Waals surface area contributed by atoms with E-state index in [4.69, 9.17) is 47.1 Å². The summed E-state index contributed by atoms with van der Waals surface area (Å²) in [5.74, 6) is -5.58. The minimum Gasteiger partial charge on any atom is -0.463 e. The van der Waals surface area contributed by atoms with E-state index in [0.717, 1.165) is 39.8 Å². The molecule has 0 unspecified atom stereocenters. The molecule has 0 aliphatic carbocycles. The number of benzene rings is 2. The molecule has 0 radical (unpaired) electrons. The quantitative estimate of drug-likeness (QED) is 0.0404. The fourth-order valence-corrected chi connectivity index (χ4v) is 5.39. The second-order valence-corrected chi connectivity index (χ2v) is 12.1. The zero-order valence-corrected chi connectivity index (χ0v) is 30.0. The molecule has 2 aromatic carbocycles. The van der Waals surface area contributed by atoms with Gasteiger partial charge in [0.15, 0.2) is 23.7 Å². The summed E-state index contributed by atoms with van der Waals surface area (Å²) in [5.41, 5.74) is 8.41. The summed E-state index contributed by atoms with van der Waals surface area (Å²) in [7, 11) is -5.02. The van der Waals surface area contributed by atoms with Crippen molar-refractivity contribution >= 4 is 46.5 Å². The van der Waals surface area contributed by atoms with Crippen molar-refractivity contribution in [1.82, 2.24) is 5.32 Å². The number of rotatable bonds is 19. The van der Waals surface area contributed by atoms with Crippen LogP contribution in [0.5, 0.6) is 17.2 Å². The standard InChI is InChI=1S/C32H36N4O17S/c1-18(38)46-17-27-28(47-19(2)39)29(48-20(3)40)30(49-21(4)41)32(51-27)50-25-10-7-23(31(42)34-11-13-45-14-12-35-36-33)15-26(25)53-54(43,44)52-24-8-5-22(16-37)6-9-24/h5-10,15-16,27-30,32H,11-14,17H2,1-4H3,(H,34,42)/t27-,28+,29+,30-,32-/m1/s1.